The van der Waals surface area contributed by atoms with Gasteiger partial charge in [-0.25, -0.2) is 14.8 Å². The van der Waals surface area contributed by atoms with Crippen molar-refractivity contribution in [3.63, 3.8) is 0 Å². The van der Waals surface area contributed by atoms with Crippen molar-refractivity contribution in [1.82, 2.24) is 14.5 Å². The number of carboxylic acid groups (broad SMARTS) is 1. The van der Waals surface area contributed by atoms with E-state index in [1.165, 1.54) is 12.5 Å². The Hall–Kier alpha value is -2.43. The van der Waals surface area contributed by atoms with Gasteiger partial charge in [0.1, 0.15) is 6.33 Å². The van der Waals surface area contributed by atoms with Gasteiger partial charge in [-0.1, -0.05) is 6.07 Å². The van der Waals surface area contributed by atoms with Crippen LogP contribution in [0.25, 0.3) is 21.8 Å². The van der Waals surface area contributed by atoms with Crippen LogP contribution in [0, 0.1) is 0 Å². The van der Waals surface area contributed by atoms with Gasteiger partial charge in [-0.15, -0.1) is 0 Å². The maximum atomic E-state index is 10.8. The van der Waals surface area contributed by atoms with Gasteiger partial charge in [0.2, 0.25) is 0 Å². The minimum Gasteiger partial charge on any atom is -0.464 e. The van der Waals surface area contributed by atoms with Crippen molar-refractivity contribution in [2.45, 2.75) is 0 Å². The Kier molecular flexibility index (Phi) is 1.67. The summed E-state index contributed by atoms with van der Waals surface area (Å²) in [6.45, 7) is 0. The van der Waals surface area contributed by atoms with E-state index >= 15 is 0 Å². The van der Waals surface area contributed by atoms with Crippen molar-refractivity contribution < 1.29 is 9.90 Å². The minimum absolute atomic E-state index is 0.730. The zero-order valence-corrected chi connectivity index (χ0v) is 8.16. The number of pyridine rings is 1. The first-order valence-electron chi connectivity index (χ1n) is 4.70. The fraction of sp³-hybridized carbons (Fsp3) is 0. The number of hydrogen-bond donors (Lipinski definition) is 1. The zero-order chi connectivity index (χ0) is 11.1. The van der Waals surface area contributed by atoms with Gasteiger partial charge >= 0.3 is 6.09 Å². The fourth-order valence-electron chi connectivity index (χ4n) is 1.74. The highest BCUT2D eigenvalue weighted by molar-refractivity contribution is 6.03. The summed E-state index contributed by atoms with van der Waals surface area (Å²) in [6.07, 6.45) is 3.52. The van der Waals surface area contributed by atoms with E-state index in [1.807, 2.05) is 12.1 Å². The van der Waals surface area contributed by atoms with Crippen LogP contribution in [0.4, 0.5) is 4.79 Å². The molecule has 0 bridgehead atoms. The molecule has 0 saturated carbocycles. The quantitative estimate of drug-likeness (QED) is 0.621. The van der Waals surface area contributed by atoms with E-state index in [1.54, 1.807) is 12.3 Å². The summed E-state index contributed by atoms with van der Waals surface area (Å²) in [4.78, 5) is 19.1. The van der Waals surface area contributed by atoms with Gasteiger partial charge in [0, 0.05) is 17.8 Å². The Bertz CT molecular complexity index is 703. The summed E-state index contributed by atoms with van der Waals surface area (Å²) in [6, 6.07) is 5.52. The van der Waals surface area contributed by atoms with Crippen LogP contribution in [0.1, 0.15) is 0 Å². The lowest BCUT2D eigenvalue weighted by atomic mass is 10.1. The van der Waals surface area contributed by atoms with Crippen molar-refractivity contribution in [2.75, 3.05) is 0 Å². The summed E-state index contributed by atoms with van der Waals surface area (Å²) in [7, 11) is 0. The van der Waals surface area contributed by atoms with Crippen LogP contribution in [0.5, 0.6) is 0 Å². The lowest BCUT2D eigenvalue weighted by molar-refractivity contribution is 0.196. The third-order valence-electron chi connectivity index (χ3n) is 2.52. The molecule has 16 heavy (non-hydrogen) atoms. The fourth-order valence-corrected chi connectivity index (χ4v) is 1.74. The first-order chi connectivity index (χ1) is 7.75. The molecule has 2 heterocycles. The van der Waals surface area contributed by atoms with Crippen LogP contribution in [0.3, 0.4) is 0 Å². The van der Waals surface area contributed by atoms with Gasteiger partial charge in [0.25, 0.3) is 0 Å². The highest BCUT2D eigenvalue weighted by Gasteiger charge is 2.05. The predicted molar refractivity (Wildman–Crippen MR) is 58.5 cm³/mol. The molecule has 0 saturated heterocycles. The highest BCUT2D eigenvalue weighted by atomic mass is 16.4. The Morgan fingerprint density at radius 3 is 2.94 bits per heavy atom. The van der Waals surface area contributed by atoms with Crippen LogP contribution in [-0.2, 0) is 0 Å². The van der Waals surface area contributed by atoms with Crippen molar-refractivity contribution >= 4 is 27.9 Å². The predicted octanol–water partition coefficient (Wildman–Crippen LogP) is 2.11. The maximum absolute atomic E-state index is 10.8. The molecular formula is C11H7N3O2. The van der Waals surface area contributed by atoms with E-state index in [4.69, 9.17) is 5.11 Å². The van der Waals surface area contributed by atoms with Gasteiger partial charge in [-0.3, -0.25) is 4.57 Å². The molecule has 1 N–H and O–H groups in total. The highest BCUT2D eigenvalue weighted by Crippen LogP contribution is 2.21. The molecule has 5 heteroatoms. The lowest BCUT2D eigenvalue weighted by Gasteiger charge is -2.02. The smallest absolute Gasteiger partial charge is 0.415 e. The molecule has 2 aromatic heterocycles. The second-order valence-corrected chi connectivity index (χ2v) is 3.44. The number of carbonyl (C=O) groups is 1. The average molecular weight is 213 g/mol. The summed E-state index contributed by atoms with van der Waals surface area (Å²) in [5.41, 5.74) is 1.50. The van der Waals surface area contributed by atoms with Crippen LogP contribution in [0.2, 0.25) is 0 Å². The summed E-state index contributed by atoms with van der Waals surface area (Å²) >= 11 is 0. The molecule has 0 aliphatic rings. The second kappa shape index (κ2) is 3.03. The third-order valence-corrected chi connectivity index (χ3v) is 2.52. The molecule has 0 spiro atoms. The number of rotatable bonds is 0. The third kappa shape index (κ3) is 1.15. The zero-order valence-electron chi connectivity index (χ0n) is 8.16. The number of benzene rings is 1. The molecule has 1 aromatic carbocycles. The SMILES string of the molecule is O=C(O)n1ccc2ccc3ncnc3c2c1. The first kappa shape index (κ1) is 8.84. The van der Waals surface area contributed by atoms with E-state index in [9.17, 15) is 4.79 Å². The van der Waals surface area contributed by atoms with Crippen LogP contribution < -0.4 is 0 Å². The average Bonchev–Trinajstić information content (AvgIpc) is 2.76. The number of aromatic nitrogens is 3. The Morgan fingerprint density at radius 1 is 1.25 bits per heavy atom. The molecule has 3 rings (SSSR count). The molecule has 0 fully saturated rings. The van der Waals surface area contributed by atoms with E-state index in [-0.39, 0.29) is 0 Å². The van der Waals surface area contributed by atoms with Crippen LogP contribution in [0.15, 0.2) is 36.9 Å². The van der Waals surface area contributed by atoms with E-state index in [2.05, 4.69) is 9.97 Å². The van der Waals surface area contributed by atoms with Crippen molar-refractivity contribution in [3.05, 3.63) is 36.9 Å². The summed E-state index contributed by atoms with van der Waals surface area (Å²) in [5.74, 6) is 0. The largest absolute Gasteiger partial charge is 0.464 e. The van der Waals surface area contributed by atoms with Crippen LogP contribution in [-0.4, -0.2) is 25.7 Å². The summed E-state index contributed by atoms with van der Waals surface area (Å²) < 4.78 is 1.11. The number of nitrogens with zero attached hydrogens (tertiary/aromatic N) is 3. The van der Waals surface area contributed by atoms with Gasteiger partial charge in [-0.2, -0.15) is 0 Å². The molecule has 78 valence electrons. The van der Waals surface area contributed by atoms with Crippen molar-refractivity contribution in [3.8, 4) is 0 Å². The summed E-state index contributed by atoms with van der Waals surface area (Å²) in [5, 5.41) is 10.6. The Morgan fingerprint density at radius 2 is 2.12 bits per heavy atom. The number of hydrogen-bond acceptors (Lipinski definition) is 3. The second-order valence-electron chi connectivity index (χ2n) is 3.44. The molecule has 0 aliphatic carbocycles. The number of fused-ring (bicyclic) bond motifs is 3. The molecule has 0 atom stereocenters. The van der Waals surface area contributed by atoms with Gasteiger partial charge in [0.05, 0.1) is 11.0 Å². The number of imidazole rings is 1. The topological polar surface area (TPSA) is 68.0 Å². The molecular weight excluding hydrogens is 206 g/mol. The first-order valence-corrected chi connectivity index (χ1v) is 4.70. The van der Waals surface area contributed by atoms with E-state index < -0.39 is 6.09 Å². The molecule has 5 nitrogen and oxygen atoms in total. The molecule has 0 radical (unpaired) electrons. The van der Waals surface area contributed by atoms with Crippen molar-refractivity contribution in [2.24, 2.45) is 0 Å². The maximum Gasteiger partial charge on any atom is 0.415 e. The van der Waals surface area contributed by atoms with E-state index in [0.717, 1.165) is 26.4 Å². The molecule has 0 aliphatic heterocycles. The van der Waals surface area contributed by atoms with Gasteiger partial charge < -0.3 is 5.11 Å². The minimum atomic E-state index is -1.02. The Labute approximate surface area is 90.0 Å². The molecule has 0 unspecified atom stereocenters. The normalized spacial score (nSPS) is 11.0. The molecule has 3 aromatic rings. The van der Waals surface area contributed by atoms with E-state index in [0.29, 0.717) is 0 Å². The van der Waals surface area contributed by atoms with Crippen molar-refractivity contribution in [1.29, 1.82) is 0 Å². The Balaban J connectivity index is 2.46. The molecule has 0 amide bonds. The van der Waals surface area contributed by atoms with Crippen LogP contribution >= 0.6 is 0 Å². The van der Waals surface area contributed by atoms with Gasteiger partial charge in [-0.05, 0) is 17.5 Å². The van der Waals surface area contributed by atoms with Gasteiger partial charge in [0.15, 0.2) is 0 Å². The lowest BCUT2D eigenvalue weighted by Crippen LogP contribution is -2.06. The standard InChI is InChI=1S/C11H7N3O2/c15-11(16)14-4-3-7-1-2-9-10(8(7)5-14)13-6-12-9/h1-6H,(H,15,16). The monoisotopic (exact) mass is 213 g/mol.